The predicted molar refractivity (Wildman–Crippen MR) is 84.5 cm³/mol. The minimum absolute atomic E-state index is 0.0489. The van der Waals surface area contributed by atoms with Crippen molar-refractivity contribution in [2.24, 2.45) is 0 Å². The highest BCUT2D eigenvalue weighted by molar-refractivity contribution is 14.1. The van der Waals surface area contributed by atoms with Crippen LogP contribution in [0.4, 0.5) is 10.1 Å². The van der Waals surface area contributed by atoms with Gasteiger partial charge in [0.05, 0.1) is 11.3 Å². The summed E-state index contributed by atoms with van der Waals surface area (Å²) in [5.74, 6) is -1.75. The minimum atomic E-state index is -0.602. The van der Waals surface area contributed by atoms with Gasteiger partial charge in [-0.2, -0.15) is 0 Å². The van der Waals surface area contributed by atoms with Gasteiger partial charge < -0.3 is 10.1 Å². The van der Waals surface area contributed by atoms with E-state index in [9.17, 15) is 14.0 Å². The van der Waals surface area contributed by atoms with Gasteiger partial charge in [-0.15, -0.1) is 0 Å². The molecule has 21 heavy (non-hydrogen) atoms. The second kappa shape index (κ2) is 7.16. The predicted octanol–water partition coefficient (Wildman–Crippen LogP) is 3.23. The molecular formula is C15H11FINO3. The fraction of sp³-hybridized carbons (Fsp3) is 0.0667. The van der Waals surface area contributed by atoms with Crippen LogP contribution in [-0.4, -0.2) is 18.5 Å². The first-order valence-electron chi connectivity index (χ1n) is 6.03. The third-order valence-electron chi connectivity index (χ3n) is 2.56. The molecule has 0 saturated heterocycles. The zero-order valence-corrected chi connectivity index (χ0v) is 13.0. The van der Waals surface area contributed by atoms with Crippen molar-refractivity contribution in [3.63, 3.8) is 0 Å². The zero-order chi connectivity index (χ0) is 15.2. The molecule has 0 heterocycles. The molecular weight excluding hydrogens is 388 g/mol. The van der Waals surface area contributed by atoms with Crippen molar-refractivity contribution in [2.75, 3.05) is 11.9 Å². The summed E-state index contributed by atoms with van der Waals surface area (Å²) < 4.78 is 19.2. The number of esters is 1. The number of para-hydroxylation sites is 1. The normalized spacial score (nSPS) is 10.0. The van der Waals surface area contributed by atoms with Crippen molar-refractivity contribution < 1.29 is 18.7 Å². The molecule has 2 rings (SSSR count). The lowest BCUT2D eigenvalue weighted by Gasteiger charge is -2.07. The van der Waals surface area contributed by atoms with Gasteiger partial charge in [-0.1, -0.05) is 12.1 Å². The maximum atomic E-state index is 13.3. The Morgan fingerprint density at radius 3 is 2.43 bits per heavy atom. The number of anilines is 1. The number of nitrogens with one attached hydrogen (secondary N) is 1. The number of amides is 1. The van der Waals surface area contributed by atoms with Gasteiger partial charge in [0.1, 0.15) is 5.82 Å². The van der Waals surface area contributed by atoms with E-state index in [1.165, 1.54) is 18.2 Å². The number of hydrogen-bond acceptors (Lipinski definition) is 3. The summed E-state index contributed by atoms with van der Waals surface area (Å²) in [5.41, 5.74) is 0.405. The molecule has 0 aromatic heterocycles. The van der Waals surface area contributed by atoms with Gasteiger partial charge in [0.15, 0.2) is 6.61 Å². The number of carbonyl (C=O) groups is 2. The molecule has 108 valence electrons. The van der Waals surface area contributed by atoms with Crippen LogP contribution in [0.2, 0.25) is 0 Å². The Bertz CT molecular complexity index is 658. The second-order valence-electron chi connectivity index (χ2n) is 4.11. The molecule has 6 heteroatoms. The first kappa shape index (κ1) is 15.4. The number of benzene rings is 2. The summed E-state index contributed by atoms with van der Waals surface area (Å²) in [4.78, 5) is 23.3. The maximum absolute atomic E-state index is 13.3. The van der Waals surface area contributed by atoms with Crippen LogP contribution >= 0.6 is 22.6 Å². The van der Waals surface area contributed by atoms with Crippen LogP contribution in [0.1, 0.15) is 10.4 Å². The highest BCUT2D eigenvalue weighted by atomic mass is 127. The van der Waals surface area contributed by atoms with Crippen LogP contribution in [0.15, 0.2) is 48.5 Å². The third-order valence-corrected chi connectivity index (χ3v) is 3.28. The molecule has 2 aromatic carbocycles. The molecule has 0 bridgehead atoms. The first-order chi connectivity index (χ1) is 10.1. The average Bonchev–Trinajstić information content (AvgIpc) is 2.48. The Morgan fingerprint density at radius 2 is 1.76 bits per heavy atom. The summed E-state index contributed by atoms with van der Waals surface area (Å²) in [6.45, 7) is -0.473. The molecule has 2 aromatic rings. The van der Waals surface area contributed by atoms with E-state index in [-0.39, 0.29) is 5.69 Å². The van der Waals surface area contributed by atoms with Crippen LogP contribution in [0.3, 0.4) is 0 Å². The van der Waals surface area contributed by atoms with Gasteiger partial charge in [0, 0.05) is 3.57 Å². The number of rotatable bonds is 4. The quantitative estimate of drug-likeness (QED) is 0.635. The highest BCUT2D eigenvalue weighted by Crippen LogP contribution is 2.12. The Balaban J connectivity index is 1.88. The van der Waals surface area contributed by atoms with Gasteiger partial charge in [-0.05, 0) is 59.0 Å². The van der Waals surface area contributed by atoms with Gasteiger partial charge >= 0.3 is 5.97 Å². The van der Waals surface area contributed by atoms with Crippen molar-refractivity contribution in [1.82, 2.24) is 0 Å². The van der Waals surface area contributed by atoms with Crippen molar-refractivity contribution in [1.29, 1.82) is 0 Å². The molecule has 0 aliphatic heterocycles. The van der Waals surface area contributed by atoms with Crippen molar-refractivity contribution in [2.45, 2.75) is 0 Å². The van der Waals surface area contributed by atoms with Gasteiger partial charge in [0.2, 0.25) is 0 Å². The number of ether oxygens (including phenoxy) is 1. The molecule has 4 nitrogen and oxygen atoms in total. The smallest absolute Gasteiger partial charge is 0.338 e. The fourth-order valence-corrected chi connectivity index (χ4v) is 1.91. The molecule has 1 amide bonds. The summed E-state index contributed by atoms with van der Waals surface area (Å²) in [7, 11) is 0. The summed E-state index contributed by atoms with van der Waals surface area (Å²) in [5, 5.41) is 2.33. The molecule has 0 saturated carbocycles. The molecule has 0 aliphatic carbocycles. The van der Waals surface area contributed by atoms with Crippen molar-refractivity contribution in [3.8, 4) is 0 Å². The highest BCUT2D eigenvalue weighted by Gasteiger charge is 2.11. The molecule has 0 unspecified atom stereocenters. The van der Waals surface area contributed by atoms with Crippen molar-refractivity contribution >= 4 is 40.2 Å². The van der Waals surface area contributed by atoms with E-state index in [0.717, 1.165) is 3.57 Å². The van der Waals surface area contributed by atoms with Gasteiger partial charge in [-0.25, -0.2) is 9.18 Å². The zero-order valence-electron chi connectivity index (χ0n) is 10.8. The molecule has 1 N–H and O–H groups in total. The second-order valence-corrected chi connectivity index (χ2v) is 5.36. The van der Waals surface area contributed by atoms with E-state index >= 15 is 0 Å². The third kappa shape index (κ3) is 4.52. The summed E-state index contributed by atoms with van der Waals surface area (Å²) in [6, 6.07) is 12.5. The van der Waals surface area contributed by atoms with Crippen LogP contribution in [0.5, 0.6) is 0 Å². The van der Waals surface area contributed by atoms with E-state index in [4.69, 9.17) is 4.74 Å². The van der Waals surface area contributed by atoms with E-state index in [1.807, 2.05) is 0 Å². The first-order valence-corrected chi connectivity index (χ1v) is 7.11. The van der Waals surface area contributed by atoms with Gasteiger partial charge in [0.25, 0.3) is 5.91 Å². The van der Waals surface area contributed by atoms with E-state index in [1.54, 1.807) is 30.3 Å². The van der Waals surface area contributed by atoms with Crippen LogP contribution in [0.25, 0.3) is 0 Å². The van der Waals surface area contributed by atoms with Gasteiger partial charge in [-0.3, -0.25) is 4.79 Å². The standard InChI is InChI=1S/C15H11FINO3/c16-12-3-1-2-4-13(12)18-14(19)9-21-15(20)10-5-7-11(17)8-6-10/h1-8H,9H2,(H,18,19). The average molecular weight is 399 g/mol. The Kier molecular flexibility index (Phi) is 5.26. The van der Waals surface area contributed by atoms with E-state index in [0.29, 0.717) is 5.56 Å². The van der Waals surface area contributed by atoms with E-state index < -0.39 is 24.3 Å². The largest absolute Gasteiger partial charge is 0.452 e. The molecule has 0 aliphatic rings. The lowest BCUT2D eigenvalue weighted by atomic mass is 10.2. The molecule has 0 fully saturated rings. The Morgan fingerprint density at radius 1 is 1.10 bits per heavy atom. The SMILES string of the molecule is O=C(COC(=O)c1ccc(I)cc1)Nc1ccccc1F. The van der Waals surface area contributed by atoms with Crippen molar-refractivity contribution in [3.05, 3.63) is 63.5 Å². The monoisotopic (exact) mass is 399 g/mol. The Labute approximate surface area is 134 Å². The van der Waals surface area contributed by atoms with Crippen LogP contribution in [0, 0.1) is 9.39 Å². The lowest BCUT2D eigenvalue weighted by Crippen LogP contribution is -2.21. The fourth-order valence-electron chi connectivity index (χ4n) is 1.55. The molecule has 0 spiro atoms. The number of halogens is 2. The molecule has 0 radical (unpaired) electrons. The maximum Gasteiger partial charge on any atom is 0.338 e. The molecule has 0 atom stereocenters. The van der Waals surface area contributed by atoms with E-state index in [2.05, 4.69) is 27.9 Å². The summed E-state index contributed by atoms with van der Waals surface area (Å²) in [6.07, 6.45) is 0. The van der Waals surface area contributed by atoms with Crippen LogP contribution in [-0.2, 0) is 9.53 Å². The Hall–Kier alpha value is -1.96. The van der Waals surface area contributed by atoms with Crippen LogP contribution < -0.4 is 5.32 Å². The minimum Gasteiger partial charge on any atom is -0.452 e. The topological polar surface area (TPSA) is 55.4 Å². The number of carbonyl (C=O) groups excluding carboxylic acids is 2. The summed E-state index contributed by atoms with van der Waals surface area (Å²) >= 11 is 2.12. The number of hydrogen-bond donors (Lipinski definition) is 1. The lowest BCUT2D eigenvalue weighted by molar-refractivity contribution is -0.119.